The van der Waals surface area contributed by atoms with E-state index in [1.807, 2.05) is 13.0 Å². The van der Waals surface area contributed by atoms with Gasteiger partial charge in [-0.1, -0.05) is 13.0 Å². The Morgan fingerprint density at radius 3 is 2.74 bits per heavy atom. The number of aryl methyl sites for hydroxylation is 1. The molecule has 5 nitrogen and oxygen atoms in total. The number of hydrogen-bond acceptors (Lipinski definition) is 4. The highest BCUT2D eigenvalue weighted by Gasteiger charge is 2.27. The molecule has 1 aliphatic rings. The summed E-state index contributed by atoms with van der Waals surface area (Å²) < 4.78 is 25.6. The third-order valence-corrected chi connectivity index (χ3v) is 7.09. The summed E-state index contributed by atoms with van der Waals surface area (Å²) in [4.78, 5) is 13.3. The average molecular weight is 359 g/mol. The number of rotatable bonds is 8. The summed E-state index contributed by atoms with van der Waals surface area (Å²) >= 11 is 1.72. The summed E-state index contributed by atoms with van der Waals surface area (Å²) in [5.41, 5.74) is 0. The Hall–Kier alpha value is -0.920. The van der Waals surface area contributed by atoms with Gasteiger partial charge in [0.2, 0.25) is 15.9 Å². The van der Waals surface area contributed by atoms with E-state index in [0.717, 1.165) is 12.8 Å². The lowest BCUT2D eigenvalue weighted by Crippen LogP contribution is -2.47. The van der Waals surface area contributed by atoms with E-state index in [9.17, 15) is 13.2 Å². The lowest BCUT2D eigenvalue weighted by Gasteiger charge is -2.31. The van der Waals surface area contributed by atoms with Crippen molar-refractivity contribution in [3.8, 4) is 0 Å². The minimum Gasteiger partial charge on any atom is -0.353 e. The molecule has 1 amide bonds. The molecule has 2 heterocycles. The van der Waals surface area contributed by atoms with Gasteiger partial charge in [0, 0.05) is 30.4 Å². The number of hydrogen-bond donors (Lipinski definition) is 1. The van der Waals surface area contributed by atoms with Gasteiger partial charge in [-0.3, -0.25) is 4.79 Å². The molecule has 0 unspecified atom stereocenters. The van der Waals surface area contributed by atoms with Crippen LogP contribution in [0.25, 0.3) is 0 Å². The van der Waals surface area contributed by atoms with Crippen molar-refractivity contribution in [2.24, 2.45) is 0 Å². The number of nitrogens with zero attached hydrogens (tertiary/aromatic N) is 1. The molecule has 1 aromatic rings. The largest absolute Gasteiger partial charge is 0.353 e. The molecule has 2 rings (SSSR count). The fraction of sp³-hybridized carbons (Fsp3) is 0.688. The van der Waals surface area contributed by atoms with Crippen LogP contribution < -0.4 is 5.32 Å². The minimum atomic E-state index is -3.10. The van der Waals surface area contributed by atoms with Gasteiger partial charge in [-0.2, -0.15) is 0 Å². The Balaban J connectivity index is 1.66. The molecule has 0 bridgehead atoms. The zero-order valence-corrected chi connectivity index (χ0v) is 15.3. The number of thiophene rings is 1. The van der Waals surface area contributed by atoms with E-state index in [-0.39, 0.29) is 17.7 Å². The Bertz CT molecular complexity index is 576. The number of carbonyl (C=O) groups excluding carboxylic acids is 1. The summed E-state index contributed by atoms with van der Waals surface area (Å²) in [5.74, 6) is 0.295. The fourth-order valence-electron chi connectivity index (χ4n) is 2.84. The summed E-state index contributed by atoms with van der Waals surface area (Å²) in [6.07, 6.45) is 4.39. The molecule has 0 radical (unpaired) electrons. The van der Waals surface area contributed by atoms with Gasteiger partial charge in [0.15, 0.2) is 0 Å². The van der Waals surface area contributed by atoms with Gasteiger partial charge in [-0.25, -0.2) is 12.7 Å². The van der Waals surface area contributed by atoms with E-state index in [2.05, 4.69) is 16.8 Å². The first-order chi connectivity index (χ1) is 11.0. The standard InChI is InChI=1S/C16H26N2O3S2/c1-2-13-23(20,21)18-10-8-14(9-11-18)17-16(19)7-3-5-15-6-4-12-22-15/h4,6,12,14H,2-3,5,7-11,13H2,1H3,(H,17,19). The summed E-state index contributed by atoms with van der Waals surface area (Å²) in [7, 11) is -3.10. The third-order valence-electron chi connectivity index (χ3n) is 4.08. The monoisotopic (exact) mass is 358 g/mol. The van der Waals surface area contributed by atoms with Crippen LogP contribution in [0, 0.1) is 0 Å². The minimum absolute atomic E-state index is 0.0800. The van der Waals surface area contributed by atoms with Gasteiger partial charge in [0.25, 0.3) is 0 Å². The lowest BCUT2D eigenvalue weighted by atomic mass is 10.1. The molecule has 0 spiro atoms. The second kappa shape index (κ2) is 8.80. The number of nitrogens with one attached hydrogen (secondary N) is 1. The smallest absolute Gasteiger partial charge is 0.220 e. The van der Waals surface area contributed by atoms with E-state index in [1.54, 1.807) is 15.6 Å². The Morgan fingerprint density at radius 1 is 1.39 bits per heavy atom. The molecular weight excluding hydrogens is 332 g/mol. The molecule has 130 valence electrons. The molecule has 23 heavy (non-hydrogen) atoms. The molecule has 0 atom stereocenters. The van der Waals surface area contributed by atoms with Crippen LogP contribution in [0.5, 0.6) is 0 Å². The van der Waals surface area contributed by atoms with Crippen LogP contribution in [-0.4, -0.2) is 43.5 Å². The van der Waals surface area contributed by atoms with Crippen LogP contribution >= 0.6 is 11.3 Å². The highest BCUT2D eigenvalue weighted by Crippen LogP contribution is 2.16. The number of sulfonamides is 1. The van der Waals surface area contributed by atoms with Crippen molar-refractivity contribution in [3.63, 3.8) is 0 Å². The van der Waals surface area contributed by atoms with E-state index in [0.29, 0.717) is 38.8 Å². The van der Waals surface area contributed by atoms with Crippen LogP contribution in [0.1, 0.15) is 43.9 Å². The molecule has 1 aromatic heterocycles. The highest BCUT2D eigenvalue weighted by atomic mass is 32.2. The highest BCUT2D eigenvalue weighted by molar-refractivity contribution is 7.89. The Morgan fingerprint density at radius 2 is 2.13 bits per heavy atom. The molecule has 0 aliphatic carbocycles. The Labute approximate surface area is 143 Å². The molecule has 0 saturated carbocycles. The van der Waals surface area contributed by atoms with Crippen LogP contribution in [0.3, 0.4) is 0 Å². The maximum atomic E-state index is 12.0. The second-order valence-corrected chi connectivity index (χ2v) is 9.11. The van der Waals surface area contributed by atoms with Gasteiger partial charge in [-0.15, -0.1) is 11.3 Å². The van der Waals surface area contributed by atoms with Crippen molar-refractivity contribution in [1.29, 1.82) is 0 Å². The van der Waals surface area contributed by atoms with Crippen molar-refractivity contribution in [3.05, 3.63) is 22.4 Å². The molecule has 1 saturated heterocycles. The molecule has 1 aliphatic heterocycles. The quantitative estimate of drug-likeness (QED) is 0.776. The lowest BCUT2D eigenvalue weighted by molar-refractivity contribution is -0.122. The topological polar surface area (TPSA) is 66.5 Å². The van der Waals surface area contributed by atoms with Gasteiger partial charge >= 0.3 is 0 Å². The van der Waals surface area contributed by atoms with Crippen LogP contribution in [0.4, 0.5) is 0 Å². The predicted molar refractivity (Wildman–Crippen MR) is 94.1 cm³/mol. The maximum Gasteiger partial charge on any atom is 0.220 e. The number of carbonyl (C=O) groups is 1. The second-order valence-electron chi connectivity index (χ2n) is 5.99. The third kappa shape index (κ3) is 5.90. The summed E-state index contributed by atoms with van der Waals surface area (Å²) in [6.45, 7) is 2.91. The van der Waals surface area contributed by atoms with Gasteiger partial charge < -0.3 is 5.32 Å². The van der Waals surface area contributed by atoms with Gasteiger partial charge in [-0.05, 0) is 43.6 Å². The number of amides is 1. The first-order valence-corrected chi connectivity index (χ1v) is 10.8. The van der Waals surface area contributed by atoms with Crippen molar-refractivity contribution in [2.75, 3.05) is 18.8 Å². The van der Waals surface area contributed by atoms with Gasteiger partial charge in [0.05, 0.1) is 5.75 Å². The summed E-state index contributed by atoms with van der Waals surface area (Å²) in [5, 5.41) is 5.10. The normalized spacial score (nSPS) is 17.3. The predicted octanol–water partition coefficient (Wildman–Crippen LogP) is 2.39. The first-order valence-electron chi connectivity index (χ1n) is 8.31. The molecule has 1 fully saturated rings. The number of piperidine rings is 1. The van der Waals surface area contributed by atoms with Crippen LogP contribution in [0.2, 0.25) is 0 Å². The average Bonchev–Trinajstić information content (AvgIpc) is 3.01. The van der Waals surface area contributed by atoms with E-state index >= 15 is 0 Å². The van der Waals surface area contributed by atoms with Crippen molar-refractivity contribution in [2.45, 2.75) is 51.5 Å². The van der Waals surface area contributed by atoms with Crippen LogP contribution in [0.15, 0.2) is 17.5 Å². The fourth-order valence-corrected chi connectivity index (χ4v) is 5.14. The first kappa shape index (κ1) is 18.4. The molecule has 7 heteroatoms. The SMILES string of the molecule is CCCS(=O)(=O)N1CCC(NC(=O)CCCc2cccs2)CC1. The zero-order valence-electron chi connectivity index (χ0n) is 13.7. The van der Waals surface area contributed by atoms with E-state index in [1.165, 1.54) is 4.88 Å². The molecular formula is C16H26N2O3S2. The van der Waals surface area contributed by atoms with Crippen LogP contribution in [-0.2, 0) is 21.2 Å². The van der Waals surface area contributed by atoms with Crippen molar-refractivity contribution < 1.29 is 13.2 Å². The van der Waals surface area contributed by atoms with Crippen molar-refractivity contribution in [1.82, 2.24) is 9.62 Å². The molecule has 0 aromatic carbocycles. The maximum absolute atomic E-state index is 12.0. The summed E-state index contributed by atoms with van der Waals surface area (Å²) in [6, 6.07) is 4.23. The molecule has 1 N–H and O–H groups in total. The van der Waals surface area contributed by atoms with E-state index in [4.69, 9.17) is 0 Å². The van der Waals surface area contributed by atoms with Gasteiger partial charge in [0.1, 0.15) is 0 Å². The van der Waals surface area contributed by atoms with Crippen molar-refractivity contribution >= 4 is 27.3 Å². The zero-order chi connectivity index (χ0) is 16.7. The Kier molecular flexibility index (Phi) is 7.05. The van der Waals surface area contributed by atoms with E-state index < -0.39 is 10.0 Å².